The number of carbonyl (C=O) groups is 2. The summed E-state index contributed by atoms with van der Waals surface area (Å²) in [6.45, 7) is 0. The smallest absolute Gasteiger partial charge is 0.247 e. The SMILES string of the molecule is O=C1CC(NC2CCCCC2)C(=O)N1C1CCCC1. The molecular formula is C15H24N2O2. The molecule has 4 nitrogen and oxygen atoms in total. The lowest BCUT2D eigenvalue weighted by molar-refractivity contribution is -0.141. The number of carbonyl (C=O) groups excluding carboxylic acids is 2. The molecule has 1 atom stereocenters. The molecule has 0 radical (unpaired) electrons. The third kappa shape index (κ3) is 2.69. The molecule has 106 valence electrons. The van der Waals surface area contributed by atoms with Gasteiger partial charge in [-0.15, -0.1) is 0 Å². The lowest BCUT2D eigenvalue weighted by Gasteiger charge is -2.26. The van der Waals surface area contributed by atoms with Crippen molar-refractivity contribution in [2.75, 3.05) is 0 Å². The number of imide groups is 1. The maximum Gasteiger partial charge on any atom is 0.247 e. The van der Waals surface area contributed by atoms with Crippen LogP contribution in [0.5, 0.6) is 0 Å². The van der Waals surface area contributed by atoms with Crippen LogP contribution in [0.4, 0.5) is 0 Å². The summed E-state index contributed by atoms with van der Waals surface area (Å²) in [5.74, 6) is 0.0904. The van der Waals surface area contributed by atoms with Gasteiger partial charge in [-0.2, -0.15) is 0 Å². The minimum atomic E-state index is -0.240. The lowest BCUT2D eigenvalue weighted by Crippen LogP contribution is -2.46. The molecule has 1 unspecified atom stereocenters. The van der Waals surface area contributed by atoms with Gasteiger partial charge < -0.3 is 5.32 Å². The second-order valence-electron chi connectivity index (χ2n) is 6.30. The predicted molar refractivity (Wildman–Crippen MR) is 72.5 cm³/mol. The number of hydrogen-bond donors (Lipinski definition) is 1. The van der Waals surface area contributed by atoms with Gasteiger partial charge in [0.1, 0.15) is 0 Å². The zero-order chi connectivity index (χ0) is 13.2. The van der Waals surface area contributed by atoms with Gasteiger partial charge in [0.25, 0.3) is 0 Å². The molecule has 4 heteroatoms. The number of likely N-dealkylation sites (tertiary alicyclic amines) is 1. The Bertz CT molecular complexity index is 357. The van der Waals surface area contributed by atoms with Crippen molar-refractivity contribution in [3.05, 3.63) is 0 Å². The van der Waals surface area contributed by atoms with Crippen LogP contribution in [0.2, 0.25) is 0 Å². The minimum Gasteiger partial charge on any atom is -0.303 e. The van der Waals surface area contributed by atoms with E-state index in [0.29, 0.717) is 12.5 Å². The van der Waals surface area contributed by atoms with Crippen LogP contribution in [0.25, 0.3) is 0 Å². The van der Waals surface area contributed by atoms with Crippen molar-refractivity contribution in [3.8, 4) is 0 Å². The fourth-order valence-electron chi connectivity index (χ4n) is 3.88. The molecule has 0 bridgehead atoms. The van der Waals surface area contributed by atoms with Gasteiger partial charge in [0.15, 0.2) is 0 Å². The molecule has 3 aliphatic rings. The van der Waals surface area contributed by atoms with Gasteiger partial charge in [0.2, 0.25) is 11.8 Å². The Morgan fingerprint density at radius 2 is 1.53 bits per heavy atom. The molecule has 19 heavy (non-hydrogen) atoms. The first kappa shape index (κ1) is 13.1. The van der Waals surface area contributed by atoms with E-state index in [1.54, 1.807) is 4.90 Å². The summed E-state index contributed by atoms with van der Waals surface area (Å²) in [5, 5.41) is 3.44. The molecule has 0 spiro atoms. The molecule has 1 saturated heterocycles. The Labute approximate surface area is 114 Å². The van der Waals surface area contributed by atoms with E-state index in [1.165, 1.54) is 19.3 Å². The fraction of sp³-hybridized carbons (Fsp3) is 0.867. The Morgan fingerprint density at radius 1 is 0.895 bits per heavy atom. The quantitative estimate of drug-likeness (QED) is 0.793. The highest BCUT2D eigenvalue weighted by Gasteiger charge is 2.43. The number of rotatable bonds is 3. The van der Waals surface area contributed by atoms with Crippen molar-refractivity contribution in [3.63, 3.8) is 0 Å². The average Bonchev–Trinajstić information content (AvgIpc) is 3.01. The molecular weight excluding hydrogens is 240 g/mol. The van der Waals surface area contributed by atoms with E-state index in [9.17, 15) is 9.59 Å². The van der Waals surface area contributed by atoms with E-state index >= 15 is 0 Å². The van der Waals surface area contributed by atoms with Crippen LogP contribution in [0.3, 0.4) is 0 Å². The summed E-state index contributed by atoms with van der Waals surface area (Å²) in [6.07, 6.45) is 10.8. The summed E-state index contributed by atoms with van der Waals surface area (Å²) < 4.78 is 0. The predicted octanol–water partition coefficient (Wildman–Crippen LogP) is 1.98. The van der Waals surface area contributed by atoms with Gasteiger partial charge in [-0.25, -0.2) is 0 Å². The molecule has 3 rings (SSSR count). The summed E-state index contributed by atoms with van der Waals surface area (Å²) in [6, 6.07) is 0.397. The summed E-state index contributed by atoms with van der Waals surface area (Å²) in [4.78, 5) is 26.1. The molecule has 1 heterocycles. The maximum absolute atomic E-state index is 12.4. The van der Waals surface area contributed by atoms with Crippen molar-refractivity contribution in [2.45, 2.75) is 82.3 Å². The van der Waals surface area contributed by atoms with Crippen LogP contribution in [0.15, 0.2) is 0 Å². The summed E-state index contributed by atoms with van der Waals surface area (Å²) in [7, 11) is 0. The highest BCUT2D eigenvalue weighted by Crippen LogP contribution is 2.29. The van der Waals surface area contributed by atoms with Crippen LogP contribution < -0.4 is 5.32 Å². The van der Waals surface area contributed by atoms with Crippen molar-refractivity contribution >= 4 is 11.8 Å². The van der Waals surface area contributed by atoms with Crippen LogP contribution in [0, 0.1) is 0 Å². The Hall–Kier alpha value is -0.900. The standard InChI is InChI=1S/C15H24N2O2/c18-14-10-13(16-11-6-2-1-3-7-11)15(19)17(14)12-8-4-5-9-12/h11-13,16H,1-10H2. The Kier molecular flexibility index (Phi) is 3.87. The number of nitrogens with one attached hydrogen (secondary N) is 1. The van der Waals surface area contributed by atoms with Crippen molar-refractivity contribution in [1.82, 2.24) is 10.2 Å². The first-order valence-electron chi connectivity index (χ1n) is 7.87. The third-order valence-corrected chi connectivity index (χ3v) is 4.91. The van der Waals surface area contributed by atoms with Gasteiger partial charge >= 0.3 is 0 Å². The molecule has 2 amide bonds. The van der Waals surface area contributed by atoms with E-state index in [4.69, 9.17) is 0 Å². The molecule has 0 aromatic rings. The summed E-state index contributed by atoms with van der Waals surface area (Å²) in [5.41, 5.74) is 0. The molecule has 3 fully saturated rings. The molecule has 0 aromatic carbocycles. The fourth-order valence-corrected chi connectivity index (χ4v) is 3.88. The summed E-state index contributed by atoms with van der Waals surface area (Å²) >= 11 is 0. The highest BCUT2D eigenvalue weighted by molar-refractivity contribution is 6.05. The van der Waals surface area contributed by atoms with Crippen molar-refractivity contribution in [2.24, 2.45) is 0 Å². The monoisotopic (exact) mass is 264 g/mol. The molecule has 1 N–H and O–H groups in total. The topological polar surface area (TPSA) is 49.4 Å². The second-order valence-corrected chi connectivity index (χ2v) is 6.30. The average molecular weight is 264 g/mol. The minimum absolute atomic E-state index is 0.0440. The first-order valence-corrected chi connectivity index (χ1v) is 7.87. The van der Waals surface area contributed by atoms with Crippen LogP contribution in [0.1, 0.15) is 64.2 Å². The van der Waals surface area contributed by atoms with E-state index in [-0.39, 0.29) is 23.9 Å². The van der Waals surface area contributed by atoms with Gasteiger partial charge in [0.05, 0.1) is 12.5 Å². The number of nitrogens with zero attached hydrogens (tertiary/aromatic N) is 1. The van der Waals surface area contributed by atoms with Crippen molar-refractivity contribution in [1.29, 1.82) is 0 Å². The van der Waals surface area contributed by atoms with Gasteiger partial charge in [-0.05, 0) is 25.7 Å². The molecule has 2 saturated carbocycles. The van der Waals surface area contributed by atoms with Gasteiger partial charge in [-0.3, -0.25) is 14.5 Å². The lowest BCUT2D eigenvalue weighted by atomic mass is 9.95. The first-order chi connectivity index (χ1) is 9.25. The van der Waals surface area contributed by atoms with E-state index in [1.807, 2.05) is 0 Å². The largest absolute Gasteiger partial charge is 0.303 e. The second kappa shape index (κ2) is 5.61. The normalized spacial score (nSPS) is 30.5. The Balaban J connectivity index is 1.61. The highest BCUT2D eigenvalue weighted by atomic mass is 16.2. The number of hydrogen-bond acceptors (Lipinski definition) is 3. The molecule has 1 aliphatic heterocycles. The van der Waals surface area contributed by atoms with Crippen LogP contribution >= 0.6 is 0 Å². The molecule has 2 aliphatic carbocycles. The van der Waals surface area contributed by atoms with E-state index in [0.717, 1.165) is 38.5 Å². The van der Waals surface area contributed by atoms with Crippen molar-refractivity contribution < 1.29 is 9.59 Å². The molecule has 0 aromatic heterocycles. The zero-order valence-electron chi connectivity index (χ0n) is 11.6. The van der Waals surface area contributed by atoms with Crippen LogP contribution in [-0.2, 0) is 9.59 Å². The van der Waals surface area contributed by atoms with E-state index in [2.05, 4.69) is 5.32 Å². The van der Waals surface area contributed by atoms with Gasteiger partial charge in [-0.1, -0.05) is 32.1 Å². The number of amides is 2. The van der Waals surface area contributed by atoms with Crippen LogP contribution in [-0.4, -0.2) is 34.8 Å². The zero-order valence-corrected chi connectivity index (χ0v) is 11.6. The van der Waals surface area contributed by atoms with Gasteiger partial charge in [0, 0.05) is 12.1 Å². The Morgan fingerprint density at radius 3 is 2.21 bits per heavy atom. The maximum atomic E-state index is 12.4. The van der Waals surface area contributed by atoms with E-state index < -0.39 is 0 Å². The third-order valence-electron chi connectivity index (χ3n) is 4.91.